The molecule has 3 aromatic carbocycles. The Bertz CT molecular complexity index is 1450. The lowest BCUT2D eigenvalue weighted by atomic mass is 10.0. The van der Waals surface area contributed by atoms with Gasteiger partial charge in [-0.3, -0.25) is 9.47 Å². The first-order valence-corrected chi connectivity index (χ1v) is 13.8. The third kappa shape index (κ3) is 6.05. The molecule has 1 atom stereocenters. The molecule has 9 nitrogen and oxygen atoms in total. The van der Waals surface area contributed by atoms with Crippen LogP contribution < -0.4 is 14.4 Å². The van der Waals surface area contributed by atoms with Gasteiger partial charge in [0, 0.05) is 61.4 Å². The summed E-state index contributed by atoms with van der Waals surface area (Å²) in [5.41, 5.74) is 4.87. The molecule has 2 aliphatic heterocycles. The number of rotatable bonds is 8. The van der Waals surface area contributed by atoms with Gasteiger partial charge in [0.2, 0.25) is 0 Å². The summed E-state index contributed by atoms with van der Waals surface area (Å²) in [6.45, 7) is 5.87. The Labute approximate surface area is 237 Å². The average Bonchev–Trinajstić information content (AvgIpc) is 3.42. The predicted molar refractivity (Wildman–Crippen MR) is 154 cm³/mol. The molecule has 40 heavy (non-hydrogen) atoms. The average molecular weight is 560 g/mol. The van der Waals surface area contributed by atoms with Crippen molar-refractivity contribution in [3.63, 3.8) is 0 Å². The van der Waals surface area contributed by atoms with E-state index in [2.05, 4.69) is 51.2 Å². The summed E-state index contributed by atoms with van der Waals surface area (Å²) in [6, 6.07) is 25.2. The summed E-state index contributed by atoms with van der Waals surface area (Å²) in [5.74, 6) is 0.574. The van der Waals surface area contributed by atoms with Crippen LogP contribution in [0.15, 0.2) is 79.0 Å². The summed E-state index contributed by atoms with van der Waals surface area (Å²) in [4.78, 5) is 19.3. The molecule has 0 N–H and O–H groups in total. The molecular formula is C30H30ClN5O4. The van der Waals surface area contributed by atoms with Crippen molar-refractivity contribution in [2.24, 2.45) is 0 Å². The Kier molecular flexibility index (Phi) is 7.57. The molecular weight excluding hydrogens is 530 g/mol. The highest BCUT2D eigenvalue weighted by Crippen LogP contribution is 2.26. The summed E-state index contributed by atoms with van der Waals surface area (Å²) >= 11 is 6.01. The van der Waals surface area contributed by atoms with Gasteiger partial charge in [-0.1, -0.05) is 48.0 Å². The van der Waals surface area contributed by atoms with Gasteiger partial charge >= 0.3 is 11.8 Å². The van der Waals surface area contributed by atoms with Gasteiger partial charge in [-0.2, -0.15) is 0 Å². The van der Waals surface area contributed by atoms with Crippen LogP contribution in [-0.4, -0.2) is 58.3 Å². The van der Waals surface area contributed by atoms with Crippen LogP contribution in [0.2, 0.25) is 5.02 Å². The Morgan fingerprint density at radius 1 is 0.925 bits per heavy atom. The van der Waals surface area contributed by atoms with Crippen molar-refractivity contribution >= 4 is 23.1 Å². The predicted octanol–water partition coefficient (Wildman–Crippen LogP) is 5.66. The number of anilines is 1. The number of halogens is 1. The lowest BCUT2D eigenvalue weighted by molar-refractivity contribution is -0.389. The molecule has 1 aromatic heterocycles. The van der Waals surface area contributed by atoms with Crippen molar-refractivity contribution in [1.29, 1.82) is 0 Å². The first kappa shape index (κ1) is 26.2. The standard InChI is InChI=1S/C30H30ClN5O4/c31-25-7-5-24(6-8-25)23-3-1-22(2-4-23)19-33-15-17-34(18-16-33)26-9-11-27(12-10-26)39-21-28-13-14-35-20-29(36(37)38)32-30(35)40-28/h1-12,20,28H,13-19,21H2. The molecule has 0 saturated carbocycles. The lowest BCUT2D eigenvalue weighted by Gasteiger charge is -2.36. The van der Waals surface area contributed by atoms with E-state index in [4.69, 9.17) is 21.1 Å². The van der Waals surface area contributed by atoms with Gasteiger partial charge in [0.15, 0.2) is 0 Å². The Balaban J connectivity index is 0.957. The van der Waals surface area contributed by atoms with Gasteiger partial charge in [0.25, 0.3) is 0 Å². The maximum Gasteiger partial charge on any atom is 0.414 e. The second kappa shape index (κ2) is 11.6. The fourth-order valence-electron chi connectivity index (χ4n) is 5.15. The molecule has 0 radical (unpaired) electrons. The van der Waals surface area contributed by atoms with Crippen LogP contribution in [0.4, 0.5) is 11.5 Å². The number of hydrogen-bond acceptors (Lipinski definition) is 7. The van der Waals surface area contributed by atoms with Crippen LogP contribution in [0.25, 0.3) is 11.1 Å². The lowest BCUT2D eigenvalue weighted by Crippen LogP contribution is -2.45. The zero-order valence-corrected chi connectivity index (χ0v) is 22.7. The zero-order chi connectivity index (χ0) is 27.5. The molecule has 4 aromatic rings. The van der Waals surface area contributed by atoms with Gasteiger partial charge in [-0.05, 0) is 58.0 Å². The molecule has 0 amide bonds. The van der Waals surface area contributed by atoms with Gasteiger partial charge in [0.05, 0.1) is 0 Å². The summed E-state index contributed by atoms with van der Waals surface area (Å²) < 4.78 is 13.4. The number of aryl methyl sites for hydroxylation is 1. The number of piperazine rings is 1. The third-order valence-electron chi connectivity index (χ3n) is 7.43. The molecule has 206 valence electrons. The topological polar surface area (TPSA) is 85.9 Å². The van der Waals surface area contributed by atoms with Gasteiger partial charge < -0.3 is 24.5 Å². The number of hydrogen-bond donors (Lipinski definition) is 0. The van der Waals surface area contributed by atoms with Crippen LogP contribution in [0, 0.1) is 10.1 Å². The van der Waals surface area contributed by atoms with E-state index in [9.17, 15) is 10.1 Å². The normalized spacial score (nSPS) is 17.2. The number of benzene rings is 3. The molecule has 0 aliphatic carbocycles. The highest BCUT2D eigenvalue weighted by molar-refractivity contribution is 6.30. The van der Waals surface area contributed by atoms with Crippen LogP contribution in [0.1, 0.15) is 12.0 Å². The summed E-state index contributed by atoms with van der Waals surface area (Å²) in [5, 5.41) is 11.7. The number of aromatic nitrogens is 2. The Morgan fingerprint density at radius 2 is 1.60 bits per heavy atom. The maximum absolute atomic E-state index is 10.9. The number of ether oxygens (including phenoxy) is 2. The van der Waals surface area contributed by atoms with Crippen molar-refractivity contribution in [1.82, 2.24) is 14.5 Å². The minimum Gasteiger partial charge on any atom is -0.490 e. The number of nitro groups is 1. The van der Waals surface area contributed by atoms with Crippen LogP contribution >= 0.6 is 11.6 Å². The summed E-state index contributed by atoms with van der Waals surface area (Å²) in [7, 11) is 0. The number of imidazole rings is 1. The molecule has 6 rings (SSSR count). The maximum atomic E-state index is 10.9. The number of nitrogens with zero attached hydrogens (tertiary/aromatic N) is 5. The fourth-order valence-corrected chi connectivity index (χ4v) is 5.27. The minimum atomic E-state index is -0.510. The fraction of sp³-hybridized carbons (Fsp3) is 0.300. The minimum absolute atomic E-state index is 0.197. The summed E-state index contributed by atoms with van der Waals surface area (Å²) in [6.07, 6.45) is 1.91. The van der Waals surface area contributed by atoms with Crippen molar-refractivity contribution in [3.05, 3.63) is 99.7 Å². The zero-order valence-electron chi connectivity index (χ0n) is 22.0. The van der Waals surface area contributed by atoms with Crippen molar-refractivity contribution in [2.75, 3.05) is 37.7 Å². The van der Waals surface area contributed by atoms with Gasteiger partial charge in [0.1, 0.15) is 24.7 Å². The molecule has 2 aliphatic rings. The second-order valence-corrected chi connectivity index (χ2v) is 10.6. The molecule has 1 fully saturated rings. The largest absolute Gasteiger partial charge is 0.490 e. The van der Waals surface area contributed by atoms with E-state index in [1.165, 1.54) is 28.6 Å². The van der Waals surface area contributed by atoms with E-state index in [1.54, 1.807) is 4.57 Å². The molecule has 10 heteroatoms. The van der Waals surface area contributed by atoms with E-state index in [0.29, 0.717) is 19.6 Å². The third-order valence-corrected chi connectivity index (χ3v) is 7.68. The van der Waals surface area contributed by atoms with Crippen molar-refractivity contribution in [2.45, 2.75) is 25.6 Å². The monoisotopic (exact) mass is 559 g/mol. The highest BCUT2D eigenvalue weighted by atomic mass is 35.5. The first-order valence-electron chi connectivity index (χ1n) is 13.4. The SMILES string of the molecule is O=[N+]([O-])c1cn2c(n1)OC(COc1ccc(N3CCN(Cc4ccc(-c5ccc(Cl)cc5)cc4)CC3)cc1)CC2. The van der Waals surface area contributed by atoms with Crippen molar-refractivity contribution in [3.8, 4) is 22.9 Å². The quantitative estimate of drug-likeness (QED) is 0.203. The van der Waals surface area contributed by atoms with E-state index < -0.39 is 4.92 Å². The Morgan fingerprint density at radius 3 is 2.27 bits per heavy atom. The Hall–Kier alpha value is -4.08. The van der Waals surface area contributed by atoms with Crippen LogP contribution in [-0.2, 0) is 13.1 Å². The van der Waals surface area contributed by atoms with Crippen LogP contribution in [0.3, 0.4) is 0 Å². The number of fused-ring (bicyclic) bond motifs is 1. The van der Waals surface area contributed by atoms with Gasteiger partial charge in [-0.25, -0.2) is 0 Å². The van der Waals surface area contributed by atoms with E-state index in [-0.39, 0.29) is 17.9 Å². The molecule has 1 saturated heterocycles. The highest BCUT2D eigenvalue weighted by Gasteiger charge is 2.28. The van der Waals surface area contributed by atoms with Crippen molar-refractivity contribution < 1.29 is 14.4 Å². The molecule has 0 spiro atoms. The molecule has 1 unspecified atom stereocenters. The van der Waals surface area contributed by atoms with E-state index in [1.807, 2.05) is 36.4 Å². The second-order valence-electron chi connectivity index (χ2n) is 10.1. The molecule has 3 heterocycles. The van der Waals surface area contributed by atoms with E-state index >= 15 is 0 Å². The smallest absolute Gasteiger partial charge is 0.414 e. The molecule has 0 bridgehead atoms. The first-order chi connectivity index (χ1) is 19.5. The van der Waals surface area contributed by atoms with Gasteiger partial charge in [-0.15, -0.1) is 0 Å². The van der Waals surface area contributed by atoms with E-state index in [0.717, 1.165) is 43.5 Å². The van der Waals surface area contributed by atoms with Crippen LogP contribution in [0.5, 0.6) is 11.8 Å².